The Labute approximate surface area is 230 Å². The van der Waals surface area contributed by atoms with Gasteiger partial charge in [0, 0.05) is 35.7 Å². The van der Waals surface area contributed by atoms with Crippen LogP contribution < -0.4 is 0 Å². The summed E-state index contributed by atoms with van der Waals surface area (Å²) in [6.45, 7) is 1.29. The average molecular weight is 564 g/mol. The van der Waals surface area contributed by atoms with Crippen molar-refractivity contribution >= 4 is 38.9 Å². The molecule has 1 atom stereocenters. The number of aromatic nitrogens is 1. The third kappa shape index (κ3) is 7.46. The van der Waals surface area contributed by atoms with Crippen LogP contribution in [0.15, 0.2) is 95.1 Å². The number of ether oxygens (including phenoxy) is 1. The van der Waals surface area contributed by atoms with Crippen LogP contribution in [0.2, 0.25) is 0 Å². The summed E-state index contributed by atoms with van der Waals surface area (Å²) in [5.74, 6) is -0.702. The van der Waals surface area contributed by atoms with Gasteiger partial charge >= 0.3 is 5.97 Å². The number of nitro benzene ring substituents is 1. The topological polar surface area (TPSA) is 147 Å². The molecular weight excluding hydrogens is 538 g/mol. The first kappa shape index (κ1) is 28.3. The molecule has 0 bridgehead atoms. The Kier molecular flexibility index (Phi) is 9.15. The van der Waals surface area contributed by atoms with Gasteiger partial charge in [0.05, 0.1) is 33.7 Å². The Morgan fingerprint density at radius 1 is 1.05 bits per heavy atom. The molecule has 40 heavy (non-hydrogen) atoms. The van der Waals surface area contributed by atoms with Crippen LogP contribution in [0.3, 0.4) is 0 Å². The number of para-hydroxylation sites is 1. The molecule has 0 radical (unpaired) electrons. The van der Waals surface area contributed by atoms with Gasteiger partial charge in [0.25, 0.3) is 15.8 Å². The highest BCUT2D eigenvalue weighted by Gasteiger charge is 2.21. The van der Waals surface area contributed by atoms with Crippen LogP contribution in [-0.2, 0) is 23.9 Å². The van der Waals surface area contributed by atoms with Crippen LogP contribution in [0.4, 0.5) is 5.69 Å². The van der Waals surface area contributed by atoms with Crippen LogP contribution in [0.5, 0.6) is 0 Å². The van der Waals surface area contributed by atoms with E-state index >= 15 is 0 Å². The molecule has 1 unspecified atom stereocenters. The molecule has 0 aliphatic heterocycles. The number of nitrogens with zero attached hydrogens (tertiary/aromatic N) is 3. The molecule has 11 nitrogen and oxygen atoms in total. The minimum atomic E-state index is -4.08. The Morgan fingerprint density at radius 2 is 1.77 bits per heavy atom. The number of rotatable bonds is 12. The van der Waals surface area contributed by atoms with Crippen molar-refractivity contribution in [2.75, 3.05) is 13.2 Å². The Bertz CT molecular complexity index is 1620. The van der Waals surface area contributed by atoms with E-state index in [2.05, 4.69) is 10.1 Å². The Morgan fingerprint density at radius 3 is 2.50 bits per heavy atom. The predicted octanol–water partition coefficient (Wildman–Crippen LogP) is 4.82. The zero-order chi connectivity index (χ0) is 28.5. The van der Waals surface area contributed by atoms with Gasteiger partial charge < -0.3 is 9.57 Å². The van der Waals surface area contributed by atoms with Crippen molar-refractivity contribution in [3.63, 3.8) is 0 Å². The Balaban J connectivity index is 1.42. The maximum Gasteiger partial charge on any atom is 0.338 e. The number of carbonyl (C=O) groups is 1. The van der Waals surface area contributed by atoms with E-state index in [1.807, 2.05) is 37.3 Å². The highest BCUT2D eigenvalue weighted by molar-refractivity contribution is 7.86. The van der Waals surface area contributed by atoms with E-state index in [0.717, 1.165) is 10.9 Å². The maximum atomic E-state index is 12.7. The largest absolute Gasteiger partial charge is 0.462 e. The molecule has 12 heteroatoms. The van der Waals surface area contributed by atoms with Gasteiger partial charge in [0.2, 0.25) is 0 Å². The molecule has 206 valence electrons. The molecule has 0 saturated carbocycles. The average Bonchev–Trinajstić information content (AvgIpc) is 2.96. The third-order valence-corrected chi connectivity index (χ3v) is 7.07. The predicted molar refractivity (Wildman–Crippen MR) is 147 cm³/mol. The first-order chi connectivity index (χ1) is 19.2. The van der Waals surface area contributed by atoms with Crippen molar-refractivity contribution in [2.24, 2.45) is 5.16 Å². The number of carbonyl (C=O) groups excluding carboxylic acids is 1. The molecule has 4 rings (SSSR count). The summed E-state index contributed by atoms with van der Waals surface area (Å²) in [7, 11) is -4.08. The summed E-state index contributed by atoms with van der Waals surface area (Å²) < 4.78 is 35.8. The normalized spacial score (nSPS) is 12.3. The molecule has 3 aromatic carbocycles. The molecule has 1 aromatic heterocycles. The maximum absolute atomic E-state index is 12.7. The van der Waals surface area contributed by atoms with Crippen molar-refractivity contribution in [3.05, 3.63) is 112 Å². The number of oxime groups is 1. The second kappa shape index (κ2) is 12.9. The van der Waals surface area contributed by atoms with Gasteiger partial charge in [-0.1, -0.05) is 47.1 Å². The summed E-state index contributed by atoms with van der Waals surface area (Å²) in [5, 5.41) is 15.7. The number of hydrogen-bond donors (Lipinski definition) is 0. The lowest BCUT2D eigenvalue weighted by Crippen LogP contribution is -2.23. The number of benzene rings is 3. The molecule has 0 amide bonds. The minimum Gasteiger partial charge on any atom is -0.462 e. The highest BCUT2D eigenvalue weighted by atomic mass is 32.2. The van der Waals surface area contributed by atoms with Crippen LogP contribution in [0.1, 0.15) is 27.9 Å². The summed E-state index contributed by atoms with van der Waals surface area (Å²) in [4.78, 5) is 32.5. The smallest absolute Gasteiger partial charge is 0.338 e. The SMILES string of the molecule is Cc1ccc(S(=O)(=O)OCC(CCOC(=O)c2ccc([N+](=O)[O-])cc2)O/N=C/c2cccc3cccnc23)cc1. The van der Waals surface area contributed by atoms with E-state index < -0.39 is 33.7 Å². The number of non-ortho nitro benzene ring substituents is 1. The number of aryl methyl sites for hydroxylation is 1. The first-order valence-corrected chi connectivity index (χ1v) is 13.5. The van der Waals surface area contributed by atoms with E-state index in [4.69, 9.17) is 13.8 Å². The van der Waals surface area contributed by atoms with Gasteiger partial charge in [-0.2, -0.15) is 8.42 Å². The molecule has 0 N–H and O–H groups in total. The van der Waals surface area contributed by atoms with Crippen LogP contribution >= 0.6 is 0 Å². The number of pyridine rings is 1. The fourth-order valence-electron chi connectivity index (χ4n) is 3.60. The van der Waals surface area contributed by atoms with Gasteiger partial charge in [0.15, 0.2) is 6.10 Å². The van der Waals surface area contributed by atoms with Crippen LogP contribution in [0, 0.1) is 17.0 Å². The van der Waals surface area contributed by atoms with Gasteiger partial charge in [-0.3, -0.25) is 19.3 Å². The van der Waals surface area contributed by atoms with E-state index in [9.17, 15) is 23.3 Å². The van der Waals surface area contributed by atoms with Crippen LogP contribution in [-0.4, -0.2) is 49.8 Å². The Hall–Kier alpha value is -4.68. The number of nitro groups is 1. The van der Waals surface area contributed by atoms with Crippen LogP contribution in [0.25, 0.3) is 10.9 Å². The molecular formula is C28H25N3O8S. The summed E-state index contributed by atoms with van der Waals surface area (Å²) in [6, 6.07) is 20.5. The van der Waals surface area contributed by atoms with E-state index in [-0.39, 0.29) is 29.2 Å². The zero-order valence-corrected chi connectivity index (χ0v) is 22.2. The fraction of sp³-hybridized carbons (Fsp3) is 0.179. The number of fused-ring (bicyclic) bond motifs is 1. The van der Waals surface area contributed by atoms with Gasteiger partial charge in [-0.25, -0.2) is 4.79 Å². The van der Waals surface area contributed by atoms with E-state index in [0.29, 0.717) is 11.1 Å². The number of esters is 1. The minimum absolute atomic E-state index is 0.00761. The zero-order valence-electron chi connectivity index (χ0n) is 21.4. The quantitative estimate of drug-likeness (QED) is 0.0777. The summed E-state index contributed by atoms with van der Waals surface area (Å²) in [5.41, 5.74) is 2.27. The first-order valence-electron chi connectivity index (χ1n) is 12.1. The number of hydrogen-bond acceptors (Lipinski definition) is 10. The lowest BCUT2D eigenvalue weighted by Gasteiger charge is -2.15. The fourth-order valence-corrected chi connectivity index (χ4v) is 4.53. The standard InChI is InChI=1S/C28H25N3O8S/c1-20-7-13-26(14-8-20)40(35,36)38-19-25(15-17-37-28(32)22-9-11-24(12-10-22)31(33)34)39-30-18-23-5-2-4-21-6-3-16-29-27(21)23/h2-14,16,18,25H,15,17,19H2,1H3/b30-18+. The van der Waals surface area contributed by atoms with Gasteiger partial charge in [-0.15, -0.1) is 0 Å². The summed E-state index contributed by atoms with van der Waals surface area (Å²) in [6.07, 6.45) is 2.27. The monoisotopic (exact) mass is 563 g/mol. The van der Waals surface area contributed by atoms with Crippen molar-refractivity contribution in [2.45, 2.75) is 24.3 Å². The molecule has 1 heterocycles. The van der Waals surface area contributed by atoms with E-state index in [1.54, 1.807) is 18.3 Å². The van der Waals surface area contributed by atoms with Crippen molar-refractivity contribution < 1.29 is 31.9 Å². The van der Waals surface area contributed by atoms with Crippen molar-refractivity contribution in [3.8, 4) is 0 Å². The third-order valence-electron chi connectivity index (χ3n) is 5.77. The van der Waals surface area contributed by atoms with Gasteiger partial charge in [0.1, 0.15) is 6.61 Å². The molecule has 0 aliphatic rings. The second-order valence-electron chi connectivity index (χ2n) is 8.66. The highest BCUT2D eigenvalue weighted by Crippen LogP contribution is 2.17. The van der Waals surface area contributed by atoms with E-state index in [1.165, 1.54) is 42.6 Å². The molecule has 4 aromatic rings. The second-order valence-corrected chi connectivity index (χ2v) is 10.3. The lowest BCUT2D eigenvalue weighted by molar-refractivity contribution is -0.384. The van der Waals surface area contributed by atoms with Crippen molar-refractivity contribution in [1.29, 1.82) is 0 Å². The molecule has 0 fully saturated rings. The molecule has 0 aliphatic carbocycles. The lowest BCUT2D eigenvalue weighted by atomic mass is 10.1. The van der Waals surface area contributed by atoms with Gasteiger partial charge in [-0.05, 0) is 37.3 Å². The molecule has 0 saturated heterocycles. The summed E-state index contributed by atoms with van der Waals surface area (Å²) >= 11 is 0. The van der Waals surface area contributed by atoms with Crippen molar-refractivity contribution in [1.82, 2.24) is 4.98 Å². The molecule has 0 spiro atoms.